The van der Waals surface area contributed by atoms with Crippen molar-refractivity contribution in [3.8, 4) is 5.75 Å². The topological polar surface area (TPSA) is 70.1 Å². The van der Waals surface area contributed by atoms with Crippen molar-refractivity contribution in [2.45, 2.75) is 24.5 Å². The summed E-state index contributed by atoms with van der Waals surface area (Å²) in [6, 6.07) is 3.56. The molecule has 2 saturated heterocycles. The lowest BCUT2D eigenvalue weighted by Crippen LogP contribution is -2.53. The molecule has 0 aliphatic carbocycles. The van der Waals surface area contributed by atoms with Gasteiger partial charge < -0.3 is 19.1 Å². The lowest BCUT2D eigenvalue weighted by Gasteiger charge is -2.40. The summed E-state index contributed by atoms with van der Waals surface area (Å²) in [4.78, 5) is 18.8. The van der Waals surface area contributed by atoms with Crippen molar-refractivity contribution in [2.24, 2.45) is 0 Å². The molecule has 2 aliphatic rings. The van der Waals surface area contributed by atoms with E-state index in [4.69, 9.17) is 14.2 Å². The Kier molecular flexibility index (Phi) is 6.15. The summed E-state index contributed by atoms with van der Waals surface area (Å²) < 4.78 is 70.2. The van der Waals surface area contributed by atoms with Gasteiger partial charge >= 0.3 is 6.36 Å². The van der Waals surface area contributed by atoms with Gasteiger partial charge in [-0.05, 0) is 18.2 Å². The average molecular weight is 462 g/mol. The lowest BCUT2D eigenvalue weighted by atomic mass is 9.89. The quantitative estimate of drug-likeness (QED) is 0.485. The molecule has 2 atom stereocenters. The Balaban J connectivity index is 1.38. The van der Waals surface area contributed by atoms with E-state index in [1.165, 1.54) is 23.5 Å². The number of piperidine rings is 1. The largest absolute Gasteiger partial charge is 0.522 e. The lowest BCUT2D eigenvalue weighted by molar-refractivity contribution is -0.325. The SMILES string of the molecule is O=C(c1ccc(OCCOC(F)(F)F)c(F)c1)N1CC[C@]2(c3nccs3)OCO[C@@H]2C1. The van der Waals surface area contributed by atoms with Crippen LogP contribution in [0.25, 0.3) is 0 Å². The van der Waals surface area contributed by atoms with Crippen LogP contribution in [0.3, 0.4) is 0 Å². The van der Waals surface area contributed by atoms with E-state index in [-0.39, 0.29) is 24.7 Å². The second-order valence-corrected chi connectivity index (χ2v) is 7.83. The van der Waals surface area contributed by atoms with Gasteiger partial charge in [-0.2, -0.15) is 0 Å². The van der Waals surface area contributed by atoms with Crippen molar-refractivity contribution in [2.75, 3.05) is 33.1 Å². The van der Waals surface area contributed by atoms with Crippen molar-refractivity contribution in [1.82, 2.24) is 9.88 Å². The first-order chi connectivity index (χ1) is 14.8. The van der Waals surface area contributed by atoms with Crippen molar-refractivity contribution in [1.29, 1.82) is 0 Å². The summed E-state index contributed by atoms with van der Waals surface area (Å²) in [5, 5.41) is 2.64. The van der Waals surface area contributed by atoms with Crippen LogP contribution in [0, 0.1) is 5.82 Å². The van der Waals surface area contributed by atoms with Crippen LogP contribution >= 0.6 is 11.3 Å². The van der Waals surface area contributed by atoms with Gasteiger partial charge in [-0.25, -0.2) is 9.37 Å². The summed E-state index contributed by atoms with van der Waals surface area (Å²) in [5.74, 6) is -1.52. The molecule has 2 aromatic rings. The first-order valence-electron chi connectivity index (χ1n) is 9.36. The van der Waals surface area contributed by atoms with E-state index in [2.05, 4.69) is 9.72 Å². The number of halogens is 4. The Bertz CT molecular complexity index is 927. The summed E-state index contributed by atoms with van der Waals surface area (Å²) in [6.45, 7) is -0.541. The number of nitrogens with zero attached hydrogens (tertiary/aromatic N) is 2. The van der Waals surface area contributed by atoms with E-state index in [0.29, 0.717) is 13.0 Å². The van der Waals surface area contributed by atoms with E-state index in [1.807, 2.05) is 5.38 Å². The molecule has 0 radical (unpaired) electrons. The third-order valence-corrected chi connectivity index (χ3v) is 6.04. The number of fused-ring (bicyclic) bond motifs is 1. The number of carbonyl (C=O) groups excluding carboxylic acids is 1. The number of ether oxygens (including phenoxy) is 4. The first kappa shape index (κ1) is 21.9. The highest BCUT2D eigenvalue weighted by Crippen LogP contribution is 2.43. The molecule has 0 saturated carbocycles. The summed E-state index contributed by atoms with van der Waals surface area (Å²) >= 11 is 1.46. The van der Waals surface area contributed by atoms with Crippen LogP contribution in [0.2, 0.25) is 0 Å². The number of alkyl halides is 3. The van der Waals surface area contributed by atoms with E-state index in [1.54, 1.807) is 11.1 Å². The molecule has 31 heavy (non-hydrogen) atoms. The van der Waals surface area contributed by atoms with Crippen LogP contribution in [0.15, 0.2) is 29.8 Å². The molecule has 12 heteroatoms. The minimum atomic E-state index is -4.78. The van der Waals surface area contributed by atoms with E-state index < -0.39 is 43.0 Å². The molecule has 2 aliphatic heterocycles. The fourth-order valence-corrected chi connectivity index (χ4v) is 4.50. The molecule has 4 rings (SSSR count). The van der Waals surface area contributed by atoms with Crippen molar-refractivity contribution < 1.29 is 41.3 Å². The third-order valence-electron chi connectivity index (χ3n) is 5.11. The Morgan fingerprint density at radius 1 is 1.35 bits per heavy atom. The third kappa shape index (κ3) is 4.66. The average Bonchev–Trinajstić information content (AvgIpc) is 3.40. The molecule has 0 N–H and O–H groups in total. The second kappa shape index (κ2) is 8.69. The molecular weight excluding hydrogens is 444 g/mol. The molecule has 2 fully saturated rings. The second-order valence-electron chi connectivity index (χ2n) is 6.93. The van der Waals surface area contributed by atoms with Crippen molar-refractivity contribution in [3.63, 3.8) is 0 Å². The van der Waals surface area contributed by atoms with Crippen LogP contribution < -0.4 is 4.74 Å². The maximum atomic E-state index is 14.3. The number of hydrogen-bond acceptors (Lipinski definition) is 7. The fraction of sp³-hybridized carbons (Fsp3) is 0.474. The summed E-state index contributed by atoms with van der Waals surface area (Å²) in [6.07, 6.45) is -3.00. The van der Waals surface area contributed by atoms with Gasteiger partial charge in [0.15, 0.2) is 17.2 Å². The zero-order valence-electron chi connectivity index (χ0n) is 16.1. The van der Waals surface area contributed by atoms with Gasteiger partial charge in [0.25, 0.3) is 5.91 Å². The van der Waals surface area contributed by atoms with Gasteiger partial charge in [-0.15, -0.1) is 24.5 Å². The number of likely N-dealkylation sites (tertiary alicyclic amines) is 1. The zero-order chi connectivity index (χ0) is 22.1. The van der Waals surface area contributed by atoms with Crippen LogP contribution in [-0.2, 0) is 19.8 Å². The number of hydrogen-bond donors (Lipinski definition) is 0. The number of thiazole rings is 1. The minimum absolute atomic E-state index is 0.0945. The van der Waals surface area contributed by atoms with Crippen molar-refractivity contribution >= 4 is 17.2 Å². The smallest absolute Gasteiger partial charge is 0.488 e. The molecule has 1 amide bonds. The molecule has 7 nitrogen and oxygen atoms in total. The molecule has 0 spiro atoms. The fourth-order valence-electron chi connectivity index (χ4n) is 3.64. The number of carbonyl (C=O) groups is 1. The Morgan fingerprint density at radius 2 is 2.19 bits per heavy atom. The molecule has 1 aromatic heterocycles. The summed E-state index contributed by atoms with van der Waals surface area (Å²) in [7, 11) is 0. The highest BCUT2D eigenvalue weighted by Gasteiger charge is 2.52. The standard InChI is InChI=1S/C19H18F4N2O5S/c20-13-9-12(1-2-14(13)27-6-7-29-19(21,22)23)16(26)25-5-3-18(17-24-4-8-31-17)15(10-25)28-11-30-18/h1-2,4,8-9,15H,3,5-7,10-11H2/t15-,18+/m1/s1. The van der Waals surface area contributed by atoms with Crippen LogP contribution in [0.1, 0.15) is 21.8 Å². The van der Waals surface area contributed by atoms with E-state index >= 15 is 0 Å². The van der Waals surface area contributed by atoms with Gasteiger partial charge in [-0.1, -0.05) is 0 Å². The Morgan fingerprint density at radius 3 is 2.90 bits per heavy atom. The van der Waals surface area contributed by atoms with Gasteiger partial charge in [0.1, 0.15) is 24.5 Å². The first-order valence-corrected chi connectivity index (χ1v) is 10.2. The molecular formula is C19H18F4N2O5S. The highest BCUT2D eigenvalue weighted by atomic mass is 32.1. The van der Waals surface area contributed by atoms with Crippen LogP contribution in [-0.4, -0.2) is 61.4 Å². The molecule has 168 valence electrons. The van der Waals surface area contributed by atoms with Crippen LogP contribution in [0.5, 0.6) is 5.75 Å². The predicted octanol–water partition coefficient (Wildman–Crippen LogP) is 3.31. The normalized spacial score (nSPS) is 23.6. The maximum absolute atomic E-state index is 14.3. The predicted molar refractivity (Wildman–Crippen MR) is 99.0 cm³/mol. The molecule has 3 heterocycles. The van der Waals surface area contributed by atoms with Gasteiger partial charge in [0.2, 0.25) is 0 Å². The number of benzene rings is 1. The molecule has 0 bridgehead atoms. The highest BCUT2D eigenvalue weighted by molar-refractivity contribution is 7.09. The Labute approximate surface area is 178 Å². The van der Waals surface area contributed by atoms with Crippen LogP contribution in [0.4, 0.5) is 17.6 Å². The molecule has 0 unspecified atom stereocenters. The minimum Gasteiger partial charge on any atom is -0.488 e. The van der Waals surface area contributed by atoms with Gasteiger partial charge in [-0.3, -0.25) is 9.53 Å². The zero-order valence-corrected chi connectivity index (χ0v) is 16.9. The monoisotopic (exact) mass is 462 g/mol. The number of rotatable bonds is 6. The Hall–Kier alpha value is -2.28. The van der Waals surface area contributed by atoms with Gasteiger partial charge in [0, 0.05) is 30.1 Å². The number of aromatic nitrogens is 1. The van der Waals surface area contributed by atoms with Crippen molar-refractivity contribution in [3.05, 3.63) is 46.2 Å². The summed E-state index contributed by atoms with van der Waals surface area (Å²) in [5.41, 5.74) is -0.594. The van der Waals surface area contributed by atoms with E-state index in [9.17, 15) is 22.4 Å². The van der Waals surface area contributed by atoms with E-state index in [0.717, 1.165) is 11.1 Å². The maximum Gasteiger partial charge on any atom is 0.522 e. The van der Waals surface area contributed by atoms with Gasteiger partial charge in [0.05, 0.1) is 13.2 Å². The number of amides is 1. The molecule has 1 aromatic carbocycles.